The first-order valence-corrected chi connectivity index (χ1v) is 8.93. The fraction of sp³-hybridized carbons (Fsp3) is 0.882. The number of hydrogen-bond donors (Lipinski definition) is 3. The zero-order valence-electron chi connectivity index (χ0n) is 14.2. The predicted octanol–water partition coefficient (Wildman–Crippen LogP) is 2.00. The third kappa shape index (κ3) is 7.53. The van der Waals surface area contributed by atoms with Crippen molar-refractivity contribution in [3.05, 3.63) is 0 Å². The molecule has 0 spiro atoms. The lowest BCUT2D eigenvalue weighted by Crippen LogP contribution is -2.40. The molecule has 2 atom stereocenters. The van der Waals surface area contributed by atoms with Crippen molar-refractivity contribution in [3.63, 3.8) is 0 Å². The van der Waals surface area contributed by atoms with Gasteiger partial charge in [0, 0.05) is 24.9 Å². The number of amides is 2. The summed E-state index contributed by atoms with van der Waals surface area (Å²) in [5.41, 5.74) is 0. The van der Waals surface area contributed by atoms with Gasteiger partial charge in [0.25, 0.3) is 0 Å². The Morgan fingerprint density at radius 1 is 1.17 bits per heavy atom. The lowest BCUT2D eigenvalue weighted by molar-refractivity contribution is -0.126. The van der Waals surface area contributed by atoms with Gasteiger partial charge >= 0.3 is 0 Å². The Bertz CT molecular complexity index is 367. The summed E-state index contributed by atoms with van der Waals surface area (Å²) in [5, 5.41) is 9.36. The van der Waals surface area contributed by atoms with E-state index >= 15 is 0 Å². The van der Waals surface area contributed by atoms with E-state index in [1.165, 1.54) is 12.8 Å². The van der Waals surface area contributed by atoms with E-state index < -0.39 is 0 Å². The van der Waals surface area contributed by atoms with Crippen LogP contribution in [-0.2, 0) is 9.59 Å². The maximum atomic E-state index is 12.0. The van der Waals surface area contributed by atoms with Gasteiger partial charge in [0.05, 0.1) is 0 Å². The molecule has 0 aromatic carbocycles. The Labute approximate surface area is 146 Å². The second kappa shape index (κ2) is 10.9. The van der Waals surface area contributed by atoms with Crippen molar-refractivity contribution < 1.29 is 9.59 Å². The molecule has 0 aromatic heterocycles. The van der Waals surface area contributed by atoms with Crippen LogP contribution in [0.25, 0.3) is 0 Å². The summed E-state index contributed by atoms with van der Waals surface area (Å²) >= 11 is 0. The highest BCUT2D eigenvalue weighted by Gasteiger charge is 2.24. The van der Waals surface area contributed by atoms with Gasteiger partial charge in [0.15, 0.2) is 0 Å². The van der Waals surface area contributed by atoms with E-state index in [4.69, 9.17) is 0 Å². The molecule has 2 rings (SSSR count). The Balaban J connectivity index is 0.00000264. The summed E-state index contributed by atoms with van der Waals surface area (Å²) in [5.74, 6) is 1.03. The topological polar surface area (TPSA) is 70.2 Å². The number of piperidine rings is 1. The molecule has 2 aliphatic rings. The maximum Gasteiger partial charge on any atom is 0.223 e. The monoisotopic (exact) mass is 345 g/mol. The molecule has 6 heteroatoms. The van der Waals surface area contributed by atoms with Gasteiger partial charge in [-0.1, -0.05) is 12.8 Å². The molecule has 3 N–H and O–H groups in total. The molecular formula is C17H32ClN3O2. The van der Waals surface area contributed by atoms with E-state index in [2.05, 4.69) is 16.0 Å². The van der Waals surface area contributed by atoms with Gasteiger partial charge in [-0.25, -0.2) is 0 Å². The summed E-state index contributed by atoms with van der Waals surface area (Å²) in [6, 6.07) is -0.0792. The molecule has 1 saturated heterocycles. The maximum absolute atomic E-state index is 12.0. The molecule has 5 nitrogen and oxygen atoms in total. The minimum Gasteiger partial charge on any atom is -0.356 e. The number of rotatable bonds is 7. The van der Waals surface area contributed by atoms with Crippen LogP contribution in [0.2, 0.25) is 0 Å². The van der Waals surface area contributed by atoms with Crippen LogP contribution in [0.1, 0.15) is 58.3 Å². The number of nitrogens with one attached hydrogen (secondary N) is 3. The molecule has 2 fully saturated rings. The molecule has 1 aliphatic heterocycles. The molecule has 1 saturated carbocycles. The van der Waals surface area contributed by atoms with Crippen LogP contribution >= 0.6 is 12.4 Å². The van der Waals surface area contributed by atoms with Crippen molar-refractivity contribution in [1.82, 2.24) is 16.0 Å². The molecule has 1 aliphatic carbocycles. The molecule has 0 radical (unpaired) electrons. The predicted molar refractivity (Wildman–Crippen MR) is 94.6 cm³/mol. The van der Waals surface area contributed by atoms with Crippen LogP contribution in [0.5, 0.6) is 0 Å². The number of carbonyl (C=O) groups excluding carboxylic acids is 2. The van der Waals surface area contributed by atoms with Crippen molar-refractivity contribution in [1.29, 1.82) is 0 Å². The highest BCUT2D eigenvalue weighted by molar-refractivity contribution is 5.85. The van der Waals surface area contributed by atoms with Crippen molar-refractivity contribution in [2.45, 2.75) is 64.3 Å². The highest BCUT2D eigenvalue weighted by atomic mass is 35.5. The van der Waals surface area contributed by atoms with Crippen molar-refractivity contribution in [2.24, 2.45) is 11.8 Å². The minimum atomic E-state index is -0.0792. The van der Waals surface area contributed by atoms with E-state index in [0.717, 1.165) is 51.7 Å². The normalized spacial score (nSPS) is 22.9. The second-order valence-corrected chi connectivity index (χ2v) is 6.95. The van der Waals surface area contributed by atoms with E-state index in [1.54, 1.807) is 0 Å². The SMILES string of the molecule is CC(CC(=O)NCCC1CCCNC1)NC(=O)C1CCCC1.Cl. The standard InChI is InChI=1S/C17H31N3O2.ClH/c1-13(20-17(22)15-6-2-3-7-15)11-16(21)19-10-8-14-5-4-9-18-12-14;/h13-15,18H,2-12H2,1H3,(H,19,21)(H,20,22);1H. The molecule has 0 bridgehead atoms. The third-order valence-corrected chi connectivity index (χ3v) is 4.88. The van der Waals surface area contributed by atoms with Crippen LogP contribution in [0, 0.1) is 11.8 Å². The van der Waals surface area contributed by atoms with Gasteiger partial charge < -0.3 is 16.0 Å². The van der Waals surface area contributed by atoms with E-state index in [9.17, 15) is 9.59 Å². The lowest BCUT2D eigenvalue weighted by atomic mass is 9.96. The Morgan fingerprint density at radius 2 is 1.91 bits per heavy atom. The minimum absolute atomic E-state index is 0. The quantitative estimate of drug-likeness (QED) is 0.661. The van der Waals surface area contributed by atoms with E-state index in [0.29, 0.717) is 12.3 Å². The largest absolute Gasteiger partial charge is 0.356 e. The lowest BCUT2D eigenvalue weighted by Gasteiger charge is -2.22. The van der Waals surface area contributed by atoms with Gasteiger partial charge in [-0.2, -0.15) is 0 Å². The summed E-state index contributed by atoms with van der Waals surface area (Å²) < 4.78 is 0. The van der Waals surface area contributed by atoms with Gasteiger partial charge in [0.2, 0.25) is 11.8 Å². The first kappa shape index (κ1) is 20.2. The third-order valence-electron chi connectivity index (χ3n) is 4.88. The number of hydrogen-bond acceptors (Lipinski definition) is 3. The van der Waals surface area contributed by atoms with Gasteiger partial charge in [-0.05, 0) is 58.0 Å². The van der Waals surface area contributed by atoms with Crippen molar-refractivity contribution in [2.75, 3.05) is 19.6 Å². The fourth-order valence-corrected chi connectivity index (χ4v) is 3.54. The van der Waals surface area contributed by atoms with Crippen LogP contribution < -0.4 is 16.0 Å². The summed E-state index contributed by atoms with van der Waals surface area (Å²) in [4.78, 5) is 23.9. The molecule has 0 aromatic rings. The van der Waals surface area contributed by atoms with Crippen LogP contribution in [0.4, 0.5) is 0 Å². The highest BCUT2D eigenvalue weighted by Crippen LogP contribution is 2.24. The van der Waals surface area contributed by atoms with Crippen LogP contribution in [-0.4, -0.2) is 37.5 Å². The first-order valence-electron chi connectivity index (χ1n) is 8.93. The Morgan fingerprint density at radius 3 is 2.57 bits per heavy atom. The average Bonchev–Trinajstić information content (AvgIpc) is 3.02. The first-order chi connectivity index (χ1) is 10.6. The van der Waals surface area contributed by atoms with Gasteiger partial charge in [-0.3, -0.25) is 9.59 Å². The van der Waals surface area contributed by atoms with Crippen LogP contribution in [0.15, 0.2) is 0 Å². The fourth-order valence-electron chi connectivity index (χ4n) is 3.54. The zero-order valence-corrected chi connectivity index (χ0v) is 15.1. The molecular weight excluding hydrogens is 314 g/mol. The summed E-state index contributed by atoms with van der Waals surface area (Å²) in [6.45, 7) is 4.86. The Kier molecular flexibility index (Phi) is 9.56. The number of halogens is 1. The molecule has 134 valence electrons. The summed E-state index contributed by atoms with van der Waals surface area (Å²) in [7, 11) is 0. The zero-order chi connectivity index (χ0) is 15.8. The van der Waals surface area contributed by atoms with E-state index in [-0.39, 0.29) is 36.2 Å². The van der Waals surface area contributed by atoms with E-state index in [1.807, 2.05) is 6.92 Å². The molecule has 2 amide bonds. The second-order valence-electron chi connectivity index (χ2n) is 6.95. The summed E-state index contributed by atoms with van der Waals surface area (Å²) in [6.07, 6.45) is 8.23. The molecule has 1 heterocycles. The molecule has 2 unspecified atom stereocenters. The van der Waals surface area contributed by atoms with Crippen LogP contribution in [0.3, 0.4) is 0 Å². The van der Waals surface area contributed by atoms with Gasteiger partial charge in [0.1, 0.15) is 0 Å². The Hall–Kier alpha value is -0.810. The van der Waals surface area contributed by atoms with Crippen molar-refractivity contribution in [3.8, 4) is 0 Å². The average molecular weight is 346 g/mol. The number of carbonyl (C=O) groups is 2. The smallest absolute Gasteiger partial charge is 0.223 e. The molecule has 23 heavy (non-hydrogen) atoms. The van der Waals surface area contributed by atoms with Gasteiger partial charge in [-0.15, -0.1) is 12.4 Å². The van der Waals surface area contributed by atoms with Crippen molar-refractivity contribution >= 4 is 24.2 Å².